The van der Waals surface area contributed by atoms with E-state index < -0.39 is 5.95 Å². The number of ether oxygens (including phenoxy) is 2. The molecular weight excluding hydrogens is 383 g/mol. The van der Waals surface area contributed by atoms with Crippen molar-refractivity contribution in [3.8, 4) is 34.1 Å². The van der Waals surface area contributed by atoms with Crippen LogP contribution in [-0.2, 0) is 0 Å². The Morgan fingerprint density at radius 1 is 0.967 bits per heavy atom. The Balaban J connectivity index is 1.57. The Hall–Kier alpha value is -3.74. The zero-order chi connectivity index (χ0) is 21.1. The first kappa shape index (κ1) is 19.6. The van der Waals surface area contributed by atoms with E-state index in [4.69, 9.17) is 9.47 Å². The standard InChI is InChI=1S/C23H21FN4O2/c1-14-4-8-19(25-11-14)15(2)30-17-6-7-18(21(10-17)29-3)20-13-27-23(28-20)16-5-9-22(24)26-12-16/h4-13,15H,1-3H3,(H,27,28). The van der Waals surface area contributed by atoms with Crippen molar-refractivity contribution in [2.45, 2.75) is 20.0 Å². The molecular formula is C23H21FN4O2. The molecule has 0 amide bonds. The lowest BCUT2D eigenvalue weighted by Crippen LogP contribution is -2.05. The van der Waals surface area contributed by atoms with Crippen molar-refractivity contribution in [2.24, 2.45) is 0 Å². The van der Waals surface area contributed by atoms with Crippen molar-refractivity contribution in [3.63, 3.8) is 0 Å². The van der Waals surface area contributed by atoms with Crippen LogP contribution in [0, 0.1) is 12.9 Å². The minimum absolute atomic E-state index is 0.203. The number of benzene rings is 1. The summed E-state index contributed by atoms with van der Waals surface area (Å²) in [6, 6.07) is 12.5. The van der Waals surface area contributed by atoms with Crippen LogP contribution >= 0.6 is 0 Å². The van der Waals surface area contributed by atoms with Gasteiger partial charge in [-0.3, -0.25) is 4.98 Å². The number of methoxy groups -OCH3 is 1. The highest BCUT2D eigenvalue weighted by Gasteiger charge is 2.14. The van der Waals surface area contributed by atoms with Gasteiger partial charge in [-0.05, 0) is 49.7 Å². The fourth-order valence-electron chi connectivity index (χ4n) is 3.07. The van der Waals surface area contributed by atoms with Crippen LogP contribution in [0.4, 0.5) is 4.39 Å². The lowest BCUT2D eigenvalue weighted by Gasteiger charge is -2.16. The van der Waals surface area contributed by atoms with Crippen LogP contribution in [0.3, 0.4) is 0 Å². The molecule has 3 heterocycles. The molecule has 0 fully saturated rings. The average Bonchev–Trinajstić information content (AvgIpc) is 3.24. The summed E-state index contributed by atoms with van der Waals surface area (Å²) >= 11 is 0. The first-order valence-electron chi connectivity index (χ1n) is 9.48. The van der Waals surface area contributed by atoms with E-state index in [9.17, 15) is 4.39 Å². The largest absolute Gasteiger partial charge is 0.496 e. The third-order valence-corrected chi connectivity index (χ3v) is 4.70. The van der Waals surface area contributed by atoms with Gasteiger partial charge in [-0.1, -0.05) is 6.07 Å². The monoisotopic (exact) mass is 404 g/mol. The van der Waals surface area contributed by atoms with Crippen molar-refractivity contribution in [1.82, 2.24) is 19.9 Å². The van der Waals surface area contributed by atoms with Gasteiger partial charge in [-0.2, -0.15) is 4.39 Å². The number of halogens is 1. The number of aromatic nitrogens is 4. The molecule has 0 aliphatic heterocycles. The molecule has 4 aromatic rings. The van der Waals surface area contributed by atoms with Crippen molar-refractivity contribution < 1.29 is 13.9 Å². The molecule has 7 heteroatoms. The summed E-state index contributed by atoms with van der Waals surface area (Å²) in [6.07, 6.45) is 4.76. The molecule has 6 nitrogen and oxygen atoms in total. The highest BCUT2D eigenvalue weighted by Crippen LogP contribution is 2.34. The maximum Gasteiger partial charge on any atom is 0.212 e. The van der Waals surface area contributed by atoms with E-state index in [2.05, 4.69) is 19.9 Å². The smallest absolute Gasteiger partial charge is 0.212 e. The summed E-state index contributed by atoms with van der Waals surface area (Å²) in [6.45, 7) is 3.95. The molecule has 1 aromatic carbocycles. The van der Waals surface area contributed by atoms with E-state index in [1.165, 1.54) is 12.3 Å². The molecule has 1 N–H and O–H groups in total. The van der Waals surface area contributed by atoms with Crippen molar-refractivity contribution >= 4 is 0 Å². The Bertz CT molecular complexity index is 1140. The third kappa shape index (κ3) is 4.15. The number of hydrogen-bond acceptors (Lipinski definition) is 5. The maximum atomic E-state index is 13.1. The Morgan fingerprint density at radius 3 is 2.53 bits per heavy atom. The van der Waals surface area contributed by atoms with Crippen LogP contribution < -0.4 is 9.47 Å². The molecule has 0 saturated carbocycles. The molecule has 0 spiro atoms. The SMILES string of the molecule is COc1cc(OC(C)c2ccc(C)cn2)ccc1-c1cnc(-c2ccc(F)nc2)[nH]1. The van der Waals surface area contributed by atoms with Gasteiger partial charge in [-0.25, -0.2) is 9.97 Å². The Kier molecular flexibility index (Phi) is 5.43. The molecule has 1 atom stereocenters. The van der Waals surface area contributed by atoms with Gasteiger partial charge in [0, 0.05) is 29.6 Å². The van der Waals surface area contributed by atoms with Gasteiger partial charge in [0.25, 0.3) is 0 Å². The normalized spacial score (nSPS) is 11.9. The lowest BCUT2D eigenvalue weighted by atomic mass is 10.1. The van der Waals surface area contributed by atoms with Crippen molar-refractivity contribution in [1.29, 1.82) is 0 Å². The minimum Gasteiger partial charge on any atom is -0.496 e. The molecule has 0 saturated heterocycles. The third-order valence-electron chi connectivity index (χ3n) is 4.70. The molecule has 0 aliphatic carbocycles. The van der Waals surface area contributed by atoms with Gasteiger partial charge in [0.15, 0.2) is 0 Å². The number of nitrogens with zero attached hydrogens (tertiary/aromatic N) is 3. The van der Waals surface area contributed by atoms with Crippen molar-refractivity contribution in [2.75, 3.05) is 7.11 Å². The van der Waals surface area contributed by atoms with E-state index in [0.717, 1.165) is 22.5 Å². The summed E-state index contributed by atoms with van der Waals surface area (Å²) in [5.74, 6) is 1.38. The van der Waals surface area contributed by atoms with Crippen LogP contribution in [0.1, 0.15) is 24.3 Å². The summed E-state index contributed by atoms with van der Waals surface area (Å²) in [7, 11) is 1.61. The summed E-state index contributed by atoms with van der Waals surface area (Å²) in [5.41, 5.74) is 4.26. The number of rotatable bonds is 6. The molecule has 30 heavy (non-hydrogen) atoms. The number of nitrogens with one attached hydrogen (secondary N) is 1. The first-order chi connectivity index (χ1) is 14.5. The van der Waals surface area contributed by atoms with Gasteiger partial charge in [0.05, 0.1) is 24.7 Å². The number of H-pyrrole nitrogens is 1. The number of pyridine rings is 2. The minimum atomic E-state index is -0.530. The predicted molar refractivity (Wildman–Crippen MR) is 112 cm³/mol. The molecule has 152 valence electrons. The van der Waals surface area contributed by atoms with Crippen LogP contribution in [0.25, 0.3) is 22.6 Å². The second-order valence-corrected chi connectivity index (χ2v) is 6.90. The molecule has 3 aromatic heterocycles. The maximum absolute atomic E-state index is 13.1. The van der Waals surface area contributed by atoms with Crippen LogP contribution in [0.15, 0.2) is 61.1 Å². The van der Waals surface area contributed by atoms with Gasteiger partial charge >= 0.3 is 0 Å². The molecule has 0 aliphatic rings. The van der Waals surface area contributed by atoms with Gasteiger partial charge < -0.3 is 14.5 Å². The van der Waals surface area contributed by atoms with Crippen LogP contribution in [0.5, 0.6) is 11.5 Å². The fourth-order valence-corrected chi connectivity index (χ4v) is 3.07. The van der Waals surface area contributed by atoms with Gasteiger partial charge in [-0.15, -0.1) is 0 Å². The summed E-state index contributed by atoms with van der Waals surface area (Å²) in [4.78, 5) is 15.7. The average molecular weight is 404 g/mol. The molecule has 0 radical (unpaired) electrons. The number of aryl methyl sites for hydroxylation is 1. The topological polar surface area (TPSA) is 72.9 Å². The first-order valence-corrected chi connectivity index (χ1v) is 9.48. The van der Waals surface area contributed by atoms with E-state index >= 15 is 0 Å². The Morgan fingerprint density at radius 2 is 1.83 bits per heavy atom. The fraction of sp³-hybridized carbons (Fsp3) is 0.174. The Labute approximate surface area is 173 Å². The van der Waals surface area contributed by atoms with Crippen molar-refractivity contribution in [3.05, 3.63) is 78.3 Å². The highest BCUT2D eigenvalue weighted by atomic mass is 19.1. The van der Waals surface area contributed by atoms with E-state index in [1.807, 2.05) is 50.4 Å². The molecule has 1 unspecified atom stereocenters. The van der Waals surface area contributed by atoms with Crippen LogP contribution in [-0.4, -0.2) is 27.0 Å². The predicted octanol–water partition coefficient (Wildman–Crippen LogP) is 5.13. The van der Waals surface area contributed by atoms with E-state index in [-0.39, 0.29) is 6.10 Å². The zero-order valence-electron chi connectivity index (χ0n) is 16.9. The second-order valence-electron chi connectivity index (χ2n) is 6.90. The number of hydrogen-bond donors (Lipinski definition) is 1. The lowest BCUT2D eigenvalue weighted by molar-refractivity contribution is 0.221. The van der Waals surface area contributed by atoms with Crippen LogP contribution in [0.2, 0.25) is 0 Å². The summed E-state index contributed by atoms with van der Waals surface area (Å²) in [5, 5.41) is 0. The number of aromatic amines is 1. The highest BCUT2D eigenvalue weighted by molar-refractivity contribution is 5.70. The summed E-state index contributed by atoms with van der Waals surface area (Å²) < 4.78 is 24.7. The van der Waals surface area contributed by atoms with Gasteiger partial charge in [0.2, 0.25) is 5.95 Å². The number of imidazole rings is 1. The van der Waals surface area contributed by atoms with E-state index in [1.54, 1.807) is 19.4 Å². The second kappa shape index (κ2) is 8.32. The van der Waals surface area contributed by atoms with Gasteiger partial charge in [0.1, 0.15) is 23.4 Å². The molecule has 4 rings (SSSR count). The zero-order valence-corrected chi connectivity index (χ0v) is 16.9. The molecule has 0 bridgehead atoms. The van der Waals surface area contributed by atoms with E-state index in [0.29, 0.717) is 22.9 Å². The quantitative estimate of drug-likeness (QED) is 0.451.